The Kier molecular flexibility index (Phi) is 5.58. The van der Waals surface area contributed by atoms with Gasteiger partial charge < -0.3 is 5.11 Å². The van der Waals surface area contributed by atoms with Crippen molar-refractivity contribution in [2.75, 3.05) is 13.2 Å². The third kappa shape index (κ3) is 4.39. The van der Waals surface area contributed by atoms with E-state index in [2.05, 4.69) is 20.7 Å². The summed E-state index contributed by atoms with van der Waals surface area (Å²) >= 11 is 3.33. The van der Waals surface area contributed by atoms with Crippen molar-refractivity contribution >= 4 is 26.0 Å². The van der Waals surface area contributed by atoms with Crippen LogP contribution in [0, 0.1) is 6.92 Å². The van der Waals surface area contributed by atoms with Gasteiger partial charge in [-0.2, -0.15) is 0 Å². The van der Waals surface area contributed by atoms with E-state index in [4.69, 9.17) is 5.11 Å². The van der Waals surface area contributed by atoms with Gasteiger partial charge in [0.15, 0.2) is 0 Å². The lowest BCUT2D eigenvalue weighted by Crippen LogP contribution is -2.25. The number of aliphatic hydroxyl groups excluding tert-OH is 1. The Morgan fingerprint density at radius 3 is 2.65 bits per heavy atom. The van der Waals surface area contributed by atoms with Gasteiger partial charge in [0.05, 0.1) is 4.90 Å². The maximum atomic E-state index is 11.9. The fourth-order valence-electron chi connectivity index (χ4n) is 1.31. The summed E-state index contributed by atoms with van der Waals surface area (Å²) in [7, 11) is -3.43. The molecule has 1 rings (SSSR count). The van der Waals surface area contributed by atoms with Crippen molar-refractivity contribution in [3.63, 3.8) is 0 Å². The second kappa shape index (κ2) is 6.49. The summed E-state index contributed by atoms with van der Waals surface area (Å²) in [6.07, 6.45) is 1.23. The predicted molar refractivity (Wildman–Crippen MR) is 70.4 cm³/mol. The first-order valence-corrected chi connectivity index (χ1v) is 7.61. The number of aliphatic hydroxyl groups is 1. The maximum absolute atomic E-state index is 11.9. The molecule has 0 unspecified atom stereocenters. The molecule has 0 aliphatic carbocycles. The molecule has 0 aromatic heterocycles. The molecule has 2 N–H and O–H groups in total. The van der Waals surface area contributed by atoms with Gasteiger partial charge in [0.25, 0.3) is 0 Å². The van der Waals surface area contributed by atoms with Gasteiger partial charge in [-0.15, -0.1) is 0 Å². The molecule has 0 atom stereocenters. The molecular formula is C11H16BrNO3S. The summed E-state index contributed by atoms with van der Waals surface area (Å²) in [6, 6.07) is 4.90. The highest BCUT2D eigenvalue weighted by atomic mass is 79.9. The Morgan fingerprint density at radius 2 is 2.06 bits per heavy atom. The molecule has 0 saturated heterocycles. The zero-order valence-electron chi connectivity index (χ0n) is 9.61. The molecule has 0 radical (unpaired) electrons. The molecule has 1 aromatic carbocycles. The third-order valence-corrected chi connectivity index (χ3v) is 4.67. The van der Waals surface area contributed by atoms with Crippen molar-refractivity contribution in [3.05, 3.63) is 28.2 Å². The molecule has 0 heterocycles. The molecule has 4 nitrogen and oxygen atoms in total. The highest BCUT2D eigenvalue weighted by molar-refractivity contribution is 9.10. The molecule has 17 heavy (non-hydrogen) atoms. The average Bonchev–Trinajstić information content (AvgIpc) is 2.28. The van der Waals surface area contributed by atoms with Gasteiger partial charge in [0.2, 0.25) is 10.0 Å². The SMILES string of the molecule is Cc1cc(S(=O)(=O)NCCCCO)ccc1Br. The minimum Gasteiger partial charge on any atom is -0.396 e. The molecule has 0 amide bonds. The summed E-state index contributed by atoms with van der Waals surface area (Å²) in [4.78, 5) is 0.266. The number of benzene rings is 1. The lowest BCUT2D eigenvalue weighted by Gasteiger charge is -2.07. The molecule has 0 aliphatic rings. The molecule has 6 heteroatoms. The zero-order chi connectivity index (χ0) is 12.9. The van der Waals surface area contributed by atoms with E-state index in [1.165, 1.54) is 0 Å². The van der Waals surface area contributed by atoms with E-state index in [1.54, 1.807) is 18.2 Å². The van der Waals surface area contributed by atoms with Crippen LogP contribution in [0.2, 0.25) is 0 Å². The van der Waals surface area contributed by atoms with Crippen LogP contribution in [0.1, 0.15) is 18.4 Å². The molecule has 0 spiro atoms. The normalized spacial score (nSPS) is 11.7. The second-order valence-electron chi connectivity index (χ2n) is 3.74. The topological polar surface area (TPSA) is 66.4 Å². The maximum Gasteiger partial charge on any atom is 0.240 e. The number of rotatable bonds is 6. The molecule has 0 saturated carbocycles. The van der Waals surface area contributed by atoms with Gasteiger partial charge in [0, 0.05) is 17.6 Å². The first-order chi connectivity index (χ1) is 7.97. The Hall–Kier alpha value is -0.430. The van der Waals surface area contributed by atoms with Gasteiger partial charge in [0.1, 0.15) is 0 Å². The molecule has 0 aliphatic heterocycles. The molecular weight excluding hydrogens is 306 g/mol. The number of hydrogen-bond acceptors (Lipinski definition) is 3. The fraction of sp³-hybridized carbons (Fsp3) is 0.455. The Morgan fingerprint density at radius 1 is 1.35 bits per heavy atom. The van der Waals surface area contributed by atoms with Crippen LogP contribution in [0.25, 0.3) is 0 Å². The van der Waals surface area contributed by atoms with Gasteiger partial charge >= 0.3 is 0 Å². The van der Waals surface area contributed by atoms with Crippen LogP contribution in [0.5, 0.6) is 0 Å². The summed E-state index contributed by atoms with van der Waals surface area (Å²) in [6.45, 7) is 2.27. The van der Waals surface area contributed by atoms with E-state index >= 15 is 0 Å². The number of nitrogens with one attached hydrogen (secondary N) is 1. The van der Waals surface area contributed by atoms with Crippen molar-refractivity contribution in [3.8, 4) is 0 Å². The van der Waals surface area contributed by atoms with Crippen molar-refractivity contribution < 1.29 is 13.5 Å². The number of halogens is 1. The van der Waals surface area contributed by atoms with E-state index in [0.29, 0.717) is 19.4 Å². The predicted octanol–water partition coefficient (Wildman–Crippen LogP) is 1.81. The van der Waals surface area contributed by atoms with Crippen LogP contribution in [-0.4, -0.2) is 26.7 Å². The van der Waals surface area contributed by atoms with Crippen molar-refractivity contribution in [2.24, 2.45) is 0 Å². The van der Waals surface area contributed by atoms with Gasteiger partial charge in [-0.3, -0.25) is 0 Å². The monoisotopic (exact) mass is 321 g/mol. The van der Waals surface area contributed by atoms with Crippen LogP contribution in [0.3, 0.4) is 0 Å². The van der Waals surface area contributed by atoms with E-state index in [9.17, 15) is 8.42 Å². The molecule has 0 bridgehead atoms. The van der Waals surface area contributed by atoms with E-state index in [0.717, 1.165) is 10.0 Å². The third-order valence-electron chi connectivity index (χ3n) is 2.32. The lowest BCUT2D eigenvalue weighted by atomic mass is 10.2. The number of aryl methyl sites for hydroxylation is 1. The van der Waals surface area contributed by atoms with Crippen molar-refractivity contribution in [1.82, 2.24) is 4.72 Å². The molecule has 1 aromatic rings. The smallest absolute Gasteiger partial charge is 0.240 e. The van der Waals surface area contributed by atoms with Crippen LogP contribution in [0.15, 0.2) is 27.6 Å². The summed E-state index contributed by atoms with van der Waals surface area (Å²) in [5.74, 6) is 0. The Bertz CT molecular complexity index is 474. The highest BCUT2D eigenvalue weighted by Gasteiger charge is 2.13. The van der Waals surface area contributed by atoms with Crippen LogP contribution in [-0.2, 0) is 10.0 Å². The van der Waals surface area contributed by atoms with Crippen molar-refractivity contribution in [2.45, 2.75) is 24.7 Å². The first-order valence-electron chi connectivity index (χ1n) is 5.34. The van der Waals surface area contributed by atoms with E-state index in [1.807, 2.05) is 6.92 Å². The lowest BCUT2D eigenvalue weighted by molar-refractivity contribution is 0.285. The van der Waals surface area contributed by atoms with Crippen LogP contribution >= 0.6 is 15.9 Å². The second-order valence-corrected chi connectivity index (χ2v) is 6.36. The highest BCUT2D eigenvalue weighted by Crippen LogP contribution is 2.19. The van der Waals surface area contributed by atoms with Gasteiger partial charge in [-0.05, 0) is 43.5 Å². The van der Waals surface area contributed by atoms with Crippen LogP contribution < -0.4 is 4.72 Å². The van der Waals surface area contributed by atoms with E-state index in [-0.39, 0.29) is 11.5 Å². The van der Waals surface area contributed by atoms with Gasteiger partial charge in [-0.1, -0.05) is 15.9 Å². The summed E-state index contributed by atoms with van der Waals surface area (Å²) in [5, 5.41) is 8.60. The Labute approximate surface area is 110 Å². The fourth-order valence-corrected chi connectivity index (χ4v) is 2.72. The molecule has 0 fully saturated rings. The largest absolute Gasteiger partial charge is 0.396 e. The minimum absolute atomic E-state index is 0.0825. The quantitative estimate of drug-likeness (QED) is 0.785. The summed E-state index contributed by atoms with van der Waals surface area (Å²) < 4.78 is 27.1. The molecule has 96 valence electrons. The van der Waals surface area contributed by atoms with Crippen molar-refractivity contribution in [1.29, 1.82) is 0 Å². The Balaban J connectivity index is 2.72. The standard InChI is InChI=1S/C11H16BrNO3S/c1-9-8-10(4-5-11(9)12)17(15,16)13-6-2-3-7-14/h4-5,8,13-14H,2-3,6-7H2,1H3. The summed E-state index contributed by atoms with van der Waals surface area (Å²) in [5.41, 5.74) is 0.878. The van der Waals surface area contributed by atoms with Crippen LogP contribution in [0.4, 0.5) is 0 Å². The number of unbranched alkanes of at least 4 members (excludes halogenated alkanes) is 1. The van der Waals surface area contributed by atoms with Gasteiger partial charge in [-0.25, -0.2) is 13.1 Å². The zero-order valence-corrected chi connectivity index (χ0v) is 12.0. The minimum atomic E-state index is -3.43. The number of sulfonamides is 1. The average molecular weight is 322 g/mol. The number of hydrogen-bond donors (Lipinski definition) is 2. The first kappa shape index (κ1) is 14.6. The van der Waals surface area contributed by atoms with E-state index < -0.39 is 10.0 Å².